The van der Waals surface area contributed by atoms with E-state index in [0.717, 1.165) is 29.9 Å². The number of aryl methyl sites for hydroxylation is 1. The molecule has 0 heterocycles. The molecule has 138 valence electrons. The van der Waals surface area contributed by atoms with Crippen molar-refractivity contribution in [2.24, 2.45) is 11.1 Å². The van der Waals surface area contributed by atoms with Gasteiger partial charge in [-0.25, -0.2) is 0 Å². The Labute approximate surface area is 151 Å². The minimum atomic E-state index is -0.493. The van der Waals surface area contributed by atoms with Crippen molar-refractivity contribution in [1.82, 2.24) is 5.32 Å². The predicted octanol–water partition coefficient (Wildman–Crippen LogP) is 2.94. The number of benzene rings is 1. The number of carbonyl (C=O) groups excluding carboxylic acids is 1. The number of hydrogen-bond acceptors (Lipinski definition) is 4. The molecule has 0 unspecified atom stereocenters. The van der Waals surface area contributed by atoms with Crippen LogP contribution in [0.3, 0.4) is 0 Å². The molecule has 3 N–H and O–H groups in total. The average molecular weight is 359 g/mol. The Bertz CT molecular complexity index is 515. The first-order valence-electron chi connectivity index (χ1n) is 8.12. The molecule has 1 amide bonds. The molecule has 1 aromatic carbocycles. The van der Waals surface area contributed by atoms with Crippen molar-refractivity contribution in [3.8, 4) is 11.5 Å². The van der Waals surface area contributed by atoms with E-state index in [1.807, 2.05) is 45.9 Å². The molecule has 0 aromatic heterocycles. The lowest BCUT2D eigenvalue weighted by Crippen LogP contribution is -2.48. The molecule has 1 atom stereocenters. The van der Waals surface area contributed by atoms with Crippen LogP contribution in [0.2, 0.25) is 0 Å². The van der Waals surface area contributed by atoms with E-state index in [0.29, 0.717) is 13.2 Å². The number of carbonyl (C=O) groups is 1. The Morgan fingerprint density at radius 2 is 1.96 bits per heavy atom. The van der Waals surface area contributed by atoms with Gasteiger partial charge >= 0.3 is 0 Å². The smallest absolute Gasteiger partial charge is 0.237 e. The highest BCUT2D eigenvalue weighted by Crippen LogP contribution is 2.28. The number of halogens is 1. The summed E-state index contributed by atoms with van der Waals surface area (Å²) in [4.78, 5) is 12.0. The summed E-state index contributed by atoms with van der Waals surface area (Å²) in [6.45, 7) is 9.04. The maximum absolute atomic E-state index is 12.0. The first kappa shape index (κ1) is 22.5. The van der Waals surface area contributed by atoms with E-state index in [9.17, 15) is 4.79 Å². The Balaban J connectivity index is 0.00000529. The van der Waals surface area contributed by atoms with Crippen LogP contribution in [0.1, 0.15) is 39.7 Å². The number of amides is 1. The minimum Gasteiger partial charge on any atom is -0.493 e. The molecule has 0 saturated carbocycles. The summed E-state index contributed by atoms with van der Waals surface area (Å²) in [5.41, 5.74) is 6.86. The summed E-state index contributed by atoms with van der Waals surface area (Å²) in [6.07, 6.45) is 1.70. The maximum Gasteiger partial charge on any atom is 0.237 e. The molecular formula is C18H31ClN2O3. The quantitative estimate of drug-likeness (QED) is 0.701. The number of hydrogen-bond donors (Lipinski definition) is 2. The lowest BCUT2D eigenvalue weighted by Gasteiger charge is -2.25. The Hall–Kier alpha value is -1.46. The van der Waals surface area contributed by atoms with Gasteiger partial charge in [0.2, 0.25) is 5.91 Å². The first-order valence-corrected chi connectivity index (χ1v) is 8.12. The fourth-order valence-corrected chi connectivity index (χ4v) is 2.15. The molecule has 1 aromatic rings. The maximum atomic E-state index is 12.0. The summed E-state index contributed by atoms with van der Waals surface area (Å²) in [5.74, 6) is 1.40. The van der Waals surface area contributed by atoms with E-state index in [1.165, 1.54) is 0 Å². The zero-order chi connectivity index (χ0) is 17.5. The highest BCUT2D eigenvalue weighted by atomic mass is 35.5. The second-order valence-electron chi connectivity index (χ2n) is 6.66. The van der Waals surface area contributed by atoms with Gasteiger partial charge in [-0.3, -0.25) is 4.79 Å². The molecule has 0 aliphatic heterocycles. The monoisotopic (exact) mass is 358 g/mol. The topological polar surface area (TPSA) is 73.6 Å². The molecule has 24 heavy (non-hydrogen) atoms. The molecule has 0 fully saturated rings. The summed E-state index contributed by atoms with van der Waals surface area (Å²) in [5, 5.41) is 2.90. The second-order valence-corrected chi connectivity index (χ2v) is 6.66. The first-order chi connectivity index (χ1) is 10.8. The van der Waals surface area contributed by atoms with E-state index < -0.39 is 6.04 Å². The van der Waals surface area contributed by atoms with Gasteiger partial charge in [0.1, 0.15) is 0 Å². The largest absolute Gasteiger partial charge is 0.493 e. The molecular weight excluding hydrogens is 328 g/mol. The standard InChI is InChI=1S/C18H30N2O3.ClH/c1-6-23-15-12-13(9-10-14(15)22-5)8-7-11-20-17(21)16(19)18(2,3)4;/h9-10,12,16H,6-8,11,19H2,1-5H3,(H,20,21);1H/t16-;/m1./s1. The van der Waals surface area contributed by atoms with Crippen LogP contribution in [-0.2, 0) is 11.2 Å². The van der Waals surface area contributed by atoms with Crippen LogP contribution in [0.25, 0.3) is 0 Å². The number of nitrogens with two attached hydrogens (primary N) is 1. The van der Waals surface area contributed by atoms with Crippen LogP contribution in [0.5, 0.6) is 11.5 Å². The summed E-state index contributed by atoms with van der Waals surface area (Å²) in [6, 6.07) is 5.43. The highest BCUT2D eigenvalue weighted by molar-refractivity contribution is 5.85. The zero-order valence-corrected chi connectivity index (χ0v) is 16.2. The van der Waals surface area contributed by atoms with E-state index in [1.54, 1.807) is 7.11 Å². The molecule has 0 radical (unpaired) electrons. The second kappa shape index (κ2) is 10.4. The van der Waals surface area contributed by atoms with Crippen molar-refractivity contribution in [1.29, 1.82) is 0 Å². The lowest BCUT2D eigenvalue weighted by molar-refractivity contribution is -0.124. The third kappa shape index (κ3) is 6.97. The van der Waals surface area contributed by atoms with Gasteiger partial charge in [0.05, 0.1) is 19.8 Å². The van der Waals surface area contributed by atoms with Gasteiger partial charge < -0.3 is 20.5 Å². The molecule has 0 saturated heterocycles. The summed E-state index contributed by atoms with van der Waals surface area (Å²) in [7, 11) is 1.63. The van der Waals surface area contributed by atoms with Crippen LogP contribution in [0, 0.1) is 5.41 Å². The molecule has 5 nitrogen and oxygen atoms in total. The van der Waals surface area contributed by atoms with Crippen LogP contribution in [0.4, 0.5) is 0 Å². The van der Waals surface area contributed by atoms with Crippen LogP contribution in [0.15, 0.2) is 18.2 Å². The van der Waals surface area contributed by atoms with Crippen molar-refractivity contribution in [3.05, 3.63) is 23.8 Å². The van der Waals surface area contributed by atoms with Crippen LogP contribution < -0.4 is 20.5 Å². The Kier molecular flexibility index (Phi) is 9.78. The van der Waals surface area contributed by atoms with E-state index in [-0.39, 0.29) is 23.7 Å². The number of ether oxygens (including phenoxy) is 2. The van der Waals surface area contributed by atoms with Gasteiger partial charge in [0.15, 0.2) is 11.5 Å². The minimum absolute atomic E-state index is 0. The number of methoxy groups -OCH3 is 1. The molecule has 6 heteroatoms. The summed E-state index contributed by atoms with van der Waals surface area (Å²) >= 11 is 0. The van der Waals surface area contributed by atoms with E-state index in [4.69, 9.17) is 15.2 Å². The van der Waals surface area contributed by atoms with Gasteiger partial charge in [-0.15, -0.1) is 12.4 Å². The fourth-order valence-electron chi connectivity index (χ4n) is 2.15. The third-order valence-electron chi connectivity index (χ3n) is 3.68. The molecule has 0 aliphatic rings. The van der Waals surface area contributed by atoms with E-state index in [2.05, 4.69) is 5.32 Å². The predicted molar refractivity (Wildman–Crippen MR) is 100 cm³/mol. The van der Waals surface area contributed by atoms with Crippen molar-refractivity contribution < 1.29 is 14.3 Å². The average Bonchev–Trinajstić information content (AvgIpc) is 2.50. The third-order valence-corrected chi connectivity index (χ3v) is 3.68. The SMILES string of the molecule is CCOc1cc(CCCNC(=O)[C@@H](N)C(C)(C)C)ccc1OC.Cl. The normalized spacial score (nSPS) is 12.1. The highest BCUT2D eigenvalue weighted by Gasteiger charge is 2.26. The molecule has 0 aliphatic carbocycles. The number of nitrogens with one attached hydrogen (secondary N) is 1. The van der Waals surface area contributed by atoms with Crippen molar-refractivity contribution >= 4 is 18.3 Å². The molecule has 0 bridgehead atoms. The zero-order valence-electron chi connectivity index (χ0n) is 15.3. The Morgan fingerprint density at radius 3 is 2.50 bits per heavy atom. The van der Waals surface area contributed by atoms with Crippen LogP contribution in [-0.4, -0.2) is 32.2 Å². The van der Waals surface area contributed by atoms with Crippen molar-refractivity contribution in [2.75, 3.05) is 20.3 Å². The summed E-state index contributed by atoms with van der Waals surface area (Å²) < 4.78 is 10.8. The van der Waals surface area contributed by atoms with E-state index >= 15 is 0 Å². The van der Waals surface area contributed by atoms with Gasteiger partial charge in [-0.05, 0) is 42.9 Å². The lowest BCUT2D eigenvalue weighted by atomic mass is 9.87. The van der Waals surface area contributed by atoms with Gasteiger partial charge in [-0.2, -0.15) is 0 Å². The van der Waals surface area contributed by atoms with Crippen molar-refractivity contribution in [3.63, 3.8) is 0 Å². The fraction of sp³-hybridized carbons (Fsp3) is 0.611. The van der Waals surface area contributed by atoms with Gasteiger partial charge in [0, 0.05) is 6.54 Å². The van der Waals surface area contributed by atoms with Gasteiger partial charge in [-0.1, -0.05) is 26.8 Å². The van der Waals surface area contributed by atoms with Gasteiger partial charge in [0.25, 0.3) is 0 Å². The number of rotatable bonds is 8. The Morgan fingerprint density at radius 1 is 1.29 bits per heavy atom. The van der Waals surface area contributed by atoms with Crippen molar-refractivity contribution in [2.45, 2.75) is 46.6 Å². The molecule has 1 rings (SSSR count). The van der Waals surface area contributed by atoms with Crippen LogP contribution >= 0.6 is 12.4 Å². The molecule has 0 spiro atoms.